The van der Waals surface area contributed by atoms with Crippen molar-refractivity contribution in [3.8, 4) is 0 Å². The summed E-state index contributed by atoms with van der Waals surface area (Å²) in [6.45, 7) is 3.04. The molecule has 2 heteroatoms. The first kappa shape index (κ1) is 12.0. The third-order valence-corrected chi connectivity index (χ3v) is 3.17. The van der Waals surface area contributed by atoms with Gasteiger partial charge in [0, 0.05) is 6.54 Å². The van der Waals surface area contributed by atoms with Gasteiger partial charge in [0.2, 0.25) is 0 Å². The highest BCUT2D eigenvalue weighted by atomic mass is 35.5. The zero-order valence-corrected chi connectivity index (χ0v) is 10.7. The van der Waals surface area contributed by atoms with E-state index in [9.17, 15) is 0 Å². The van der Waals surface area contributed by atoms with Crippen molar-refractivity contribution in [2.75, 3.05) is 11.9 Å². The molecule has 0 amide bonds. The maximum atomic E-state index is 6.07. The zero-order chi connectivity index (χ0) is 12.1. The summed E-state index contributed by atoms with van der Waals surface area (Å²) >= 11 is 6.07. The Hall–Kier alpha value is -1.47. The van der Waals surface area contributed by atoms with Gasteiger partial charge in [-0.15, -0.1) is 0 Å². The van der Waals surface area contributed by atoms with E-state index in [1.807, 2.05) is 24.3 Å². The van der Waals surface area contributed by atoms with Crippen LogP contribution in [-0.2, 0) is 6.42 Å². The van der Waals surface area contributed by atoms with E-state index in [0.29, 0.717) is 0 Å². The van der Waals surface area contributed by atoms with Crippen molar-refractivity contribution in [2.24, 2.45) is 0 Å². The molecule has 0 saturated carbocycles. The van der Waals surface area contributed by atoms with Crippen LogP contribution in [0, 0.1) is 6.92 Å². The predicted molar refractivity (Wildman–Crippen MR) is 74.8 cm³/mol. The van der Waals surface area contributed by atoms with Crippen LogP contribution >= 0.6 is 11.6 Å². The molecule has 0 bridgehead atoms. The minimum absolute atomic E-state index is 0.775. The van der Waals surface area contributed by atoms with Gasteiger partial charge in [0.05, 0.1) is 10.7 Å². The smallest absolute Gasteiger partial charge is 0.0637 e. The van der Waals surface area contributed by atoms with Gasteiger partial charge < -0.3 is 5.32 Å². The minimum atomic E-state index is 0.775. The van der Waals surface area contributed by atoms with Crippen LogP contribution in [0.25, 0.3) is 0 Å². The summed E-state index contributed by atoms with van der Waals surface area (Å²) in [6.07, 6.45) is 1.01. The summed E-state index contributed by atoms with van der Waals surface area (Å²) in [5.74, 6) is 0. The zero-order valence-electron chi connectivity index (χ0n) is 9.91. The maximum absolute atomic E-state index is 6.07. The van der Waals surface area contributed by atoms with Gasteiger partial charge in [-0.3, -0.25) is 0 Å². The van der Waals surface area contributed by atoms with Crippen molar-refractivity contribution in [2.45, 2.75) is 13.3 Å². The largest absolute Gasteiger partial charge is 0.384 e. The van der Waals surface area contributed by atoms with E-state index in [-0.39, 0.29) is 0 Å². The van der Waals surface area contributed by atoms with Gasteiger partial charge in [-0.05, 0) is 36.6 Å². The number of rotatable bonds is 4. The van der Waals surface area contributed by atoms with Gasteiger partial charge in [-0.25, -0.2) is 0 Å². The molecule has 0 unspecified atom stereocenters. The second-order valence-corrected chi connectivity index (χ2v) is 4.49. The van der Waals surface area contributed by atoms with E-state index in [2.05, 4.69) is 36.5 Å². The second kappa shape index (κ2) is 5.74. The van der Waals surface area contributed by atoms with Gasteiger partial charge in [0.15, 0.2) is 0 Å². The topological polar surface area (TPSA) is 12.0 Å². The Balaban J connectivity index is 1.93. The van der Waals surface area contributed by atoms with Crippen LogP contribution in [0.4, 0.5) is 5.69 Å². The lowest BCUT2D eigenvalue weighted by molar-refractivity contribution is 1.01. The number of hydrogen-bond donors (Lipinski definition) is 1. The van der Waals surface area contributed by atoms with Crippen LogP contribution in [0.2, 0.25) is 5.02 Å². The highest BCUT2D eigenvalue weighted by molar-refractivity contribution is 6.33. The number of aryl methyl sites for hydroxylation is 1. The third-order valence-electron chi connectivity index (χ3n) is 2.84. The Morgan fingerprint density at radius 2 is 1.71 bits per heavy atom. The molecule has 0 aromatic heterocycles. The van der Waals surface area contributed by atoms with Crippen molar-refractivity contribution in [1.82, 2.24) is 0 Å². The van der Waals surface area contributed by atoms with E-state index in [1.165, 1.54) is 11.1 Å². The number of hydrogen-bond acceptors (Lipinski definition) is 1. The van der Waals surface area contributed by atoms with E-state index >= 15 is 0 Å². The highest BCUT2D eigenvalue weighted by Crippen LogP contribution is 2.20. The first-order valence-corrected chi connectivity index (χ1v) is 6.18. The van der Waals surface area contributed by atoms with E-state index < -0.39 is 0 Å². The molecular formula is C15H16ClN. The average Bonchev–Trinajstić information content (AvgIpc) is 2.34. The molecule has 0 atom stereocenters. The van der Waals surface area contributed by atoms with Crippen molar-refractivity contribution in [3.05, 3.63) is 64.7 Å². The Bertz CT molecular complexity index is 448. The highest BCUT2D eigenvalue weighted by Gasteiger charge is 1.99. The van der Waals surface area contributed by atoms with Gasteiger partial charge in [-0.1, -0.05) is 48.0 Å². The monoisotopic (exact) mass is 245 g/mol. The lowest BCUT2D eigenvalue weighted by Crippen LogP contribution is -2.06. The molecule has 1 nitrogen and oxygen atoms in total. The van der Waals surface area contributed by atoms with E-state index in [0.717, 1.165) is 23.7 Å². The third kappa shape index (κ3) is 3.24. The fraction of sp³-hybridized carbons (Fsp3) is 0.200. The van der Waals surface area contributed by atoms with Crippen molar-refractivity contribution in [3.63, 3.8) is 0 Å². The molecule has 17 heavy (non-hydrogen) atoms. The van der Waals surface area contributed by atoms with Crippen LogP contribution in [0.3, 0.4) is 0 Å². The molecule has 2 aromatic rings. The summed E-state index contributed by atoms with van der Waals surface area (Å²) in [6, 6.07) is 16.3. The first-order chi connectivity index (χ1) is 8.27. The normalized spacial score (nSPS) is 10.2. The quantitative estimate of drug-likeness (QED) is 0.847. The predicted octanol–water partition coefficient (Wildman–Crippen LogP) is 4.30. The maximum Gasteiger partial charge on any atom is 0.0637 e. The summed E-state index contributed by atoms with van der Waals surface area (Å²) in [4.78, 5) is 0. The summed E-state index contributed by atoms with van der Waals surface area (Å²) in [7, 11) is 0. The Morgan fingerprint density at radius 3 is 2.47 bits per heavy atom. The Kier molecular flexibility index (Phi) is 4.05. The average molecular weight is 246 g/mol. The van der Waals surface area contributed by atoms with Crippen LogP contribution in [-0.4, -0.2) is 6.54 Å². The minimum Gasteiger partial charge on any atom is -0.384 e. The van der Waals surface area contributed by atoms with Crippen molar-refractivity contribution < 1.29 is 0 Å². The molecule has 0 aliphatic rings. The molecule has 0 heterocycles. The number of nitrogens with one attached hydrogen (secondary N) is 1. The first-order valence-electron chi connectivity index (χ1n) is 5.80. The summed E-state index contributed by atoms with van der Waals surface area (Å²) < 4.78 is 0. The van der Waals surface area contributed by atoms with Crippen molar-refractivity contribution >= 4 is 17.3 Å². The van der Waals surface area contributed by atoms with Crippen LogP contribution in [0.5, 0.6) is 0 Å². The van der Waals surface area contributed by atoms with E-state index in [4.69, 9.17) is 11.6 Å². The number of para-hydroxylation sites is 1. The molecule has 0 aliphatic carbocycles. The van der Waals surface area contributed by atoms with Crippen LogP contribution in [0.15, 0.2) is 48.5 Å². The van der Waals surface area contributed by atoms with Gasteiger partial charge in [0.1, 0.15) is 0 Å². The molecular weight excluding hydrogens is 230 g/mol. The lowest BCUT2D eigenvalue weighted by Gasteiger charge is -2.09. The second-order valence-electron chi connectivity index (χ2n) is 4.08. The Labute approximate surface area is 107 Å². The molecule has 0 aliphatic heterocycles. The SMILES string of the molecule is Cc1ccccc1CCNc1ccccc1Cl. The van der Waals surface area contributed by atoms with Crippen molar-refractivity contribution in [1.29, 1.82) is 0 Å². The fourth-order valence-corrected chi connectivity index (χ4v) is 2.03. The molecule has 0 fully saturated rings. The molecule has 0 spiro atoms. The molecule has 88 valence electrons. The van der Waals surface area contributed by atoms with Crippen LogP contribution < -0.4 is 5.32 Å². The number of benzene rings is 2. The van der Waals surface area contributed by atoms with Gasteiger partial charge in [0.25, 0.3) is 0 Å². The number of anilines is 1. The van der Waals surface area contributed by atoms with E-state index in [1.54, 1.807) is 0 Å². The summed E-state index contributed by atoms with van der Waals surface area (Å²) in [5, 5.41) is 4.13. The molecule has 0 radical (unpaired) electrons. The Morgan fingerprint density at radius 1 is 1.00 bits per heavy atom. The molecule has 0 saturated heterocycles. The molecule has 2 rings (SSSR count). The van der Waals surface area contributed by atoms with Crippen LogP contribution in [0.1, 0.15) is 11.1 Å². The fourth-order valence-electron chi connectivity index (χ4n) is 1.83. The number of halogens is 1. The van der Waals surface area contributed by atoms with Gasteiger partial charge in [-0.2, -0.15) is 0 Å². The standard InChI is InChI=1S/C15H16ClN/c1-12-6-2-3-7-13(12)10-11-17-15-9-5-4-8-14(15)16/h2-9,17H,10-11H2,1H3. The summed E-state index contributed by atoms with van der Waals surface area (Å²) in [5.41, 5.74) is 3.73. The molecule has 2 aromatic carbocycles. The molecule has 1 N–H and O–H groups in total. The van der Waals surface area contributed by atoms with Gasteiger partial charge >= 0.3 is 0 Å². The lowest BCUT2D eigenvalue weighted by atomic mass is 10.1.